The van der Waals surface area contributed by atoms with Gasteiger partial charge >= 0.3 is 0 Å². The van der Waals surface area contributed by atoms with Crippen molar-refractivity contribution in [2.45, 2.75) is 33.6 Å². The summed E-state index contributed by atoms with van der Waals surface area (Å²) in [7, 11) is 0. The Kier molecular flexibility index (Phi) is 5.79. The van der Waals surface area contributed by atoms with Gasteiger partial charge in [-0.15, -0.1) is 0 Å². The number of amides is 2. The van der Waals surface area contributed by atoms with Gasteiger partial charge in [-0.3, -0.25) is 9.59 Å². The standard InChI is InChI=1S/C22H26N2O3/c1-4-27-19-10-7-16(8-11-19)21(25)23-18-9-12-20-17(14-18)6-5-13-24(20)22(26)15(2)3/h7-12,14-15H,4-6,13H2,1-3H3,(H,23,25). The maximum absolute atomic E-state index is 12.5. The number of nitrogens with one attached hydrogen (secondary N) is 1. The maximum Gasteiger partial charge on any atom is 0.255 e. The average molecular weight is 366 g/mol. The highest BCUT2D eigenvalue weighted by Crippen LogP contribution is 2.31. The normalized spacial score (nSPS) is 13.3. The van der Waals surface area contributed by atoms with Crippen LogP contribution < -0.4 is 15.0 Å². The average Bonchev–Trinajstić information content (AvgIpc) is 2.67. The molecule has 3 rings (SSSR count). The Morgan fingerprint density at radius 1 is 1.15 bits per heavy atom. The second-order valence-corrected chi connectivity index (χ2v) is 7.00. The minimum absolute atomic E-state index is 0.0324. The number of hydrogen-bond donors (Lipinski definition) is 1. The lowest BCUT2D eigenvalue weighted by Crippen LogP contribution is -2.38. The van der Waals surface area contributed by atoms with Gasteiger partial charge in [-0.2, -0.15) is 0 Å². The molecule has 0 radical (unpaired) electrons. The molecule has 0 saturated carbocycles. The van der Waals surface area contributed by atoms with E-state index in [0.717, 1.165) is 42.1 Å². The zero-order valence-electron chi connectivity index (χ0n) is 16.1. The van der Waals surface area contributed by atoms with Crippen molar-refractivity contribution in [3.8, 4) is 5.75 Å². The molecule has 2 aromatic carbocycles. The van der Waals surface area contributed by atoms with Gasteiger partial charge in [-0.1, -0.05) is 13.8 Å². The predicted octanol–water partition coefficient (Wildman–Crippen LogP) is 4.27. The highest BCUT2D eigenvalue weighted by atomic mass is 16.5. The zero-order valence-corrected chi connectivity index (χ0v) is 16.1. The van der Waals surface area contributed by atoms with E-state index < -0.39 is 0 Å². The van der Waals surface area contributed by atoms with Gasteiger partial charge < -0.3 is 15.0 Å². The SMILES string of the molecule is CCOc1ccc(C(=O)Nc2ccc3c(c2)CCCN3C(=O)C(C)C)cc1. The molecule has 142 valence electrons. The number of aryl methyl sites for hydroxylation is 1. The monoisotopic (exact) mass is 366 g/mol. The third-order valence-corrected chi connectivity index (χ3v) is 4.64. The lowest BCUT2D eigenvalue weighted by atomic mass is 9.99. The van der Waals surface area contributed by atoms with Crippen molar-refractivity contribution >= 4 is 23.2 Å². The Bertz CT molecular complexity index is 828. The van der Waals surface area contributed by atoms with Crippen LogP contribution in [0, 0.1) is 5.92 Å². The molecule has 0 atom stereocenters. The molecule has 0 aliphatic carbocycles. The summed E-state index contributed by atoms with van der Waals surface area (Å²) in [6.07, 6.45) is 1.84. The Labute approximate surface area is 160 Å². The number of nitrogens with zero attached hydrogens (tertiary/aromatic N) is 1. The van der Waals surface area contributed by atoms with Gasteiger partial charge in [0.25, 0.3) is 5.91 Å². The molecule has 0 unspecified atom stereocenters. The molecule has 1 heterocycles. The summed E-state index contributed by atoms with van der Waals surface area (Å²) in [4.78, 5) is 26.8. The van der Waals surface area contributed by atoms with Crippen LogP contribution in [0.2, 0.25) is 0 Å². The molecule has 27 heavy (non-hydrogen) atoms. The molecular formula is C22H26N2O3. The first kappa shape index (κ1) is 19.0. The third kappa shape index (κ3) is 4.30. The fourth-order valence-corrected chi connectivity index (χ4v) is 3.29. The first-order valence-electron chi connectivity index (χ1n) is 9.48. The van der Waals surface area contributed by atoms with Crippen molar-refractivity contribution in [1.82, 2.24) is 0 Å². The van der Waals surface area contributed by atoms with Crippen molar-refractivity contribution < 1.29 is 14.3 Å². The number of hydrogen-bond acceptors (Lipinski definition) is 3. The van der Waals surface area contributed by atoms with Crippen LogP contribution in [0.15, 0.2) is 42.5 Å². The van der Waals surface area contributed by atoms with Crippen molar-refractivity contribution in [2.24, 2.45) is 5.92 Å². The highest BCUT2D eigenvalue weighted by molar-refractivity contribution is 6.04. The van der Waals surface area contributed by atoms with Gasteiger partial charge in [0.05, 0.1) is 6.61 Å². The van der Waals surface area contributed by atoms with E-state index in [1.807, 2.05) is 43.9 Å². The summed E-state index contributed by atoms with van der Waals surface area (Å²) in [5.74, 6) is 0.693. The number of fused-ring (bicyclic) bond motifs is 1. The molecule has 1 aliphatic heterocycles. The largest absolute Gasteiger partial charge is 0.494 e. The number of carbonyl (C=O) groups is 2. The van der Waals surface area contributed by atoms with Crippen LogP contribution in [0.25, 0.3) is 0 Å². The van der Waals surface area contributed by atoms with Gasteiger partial charge in [0, 0.05) is 29.4 Å². The smallest absolute Gasteiger partial charge is 0.255 e. The maximum atomic E-state index is 12.5. The predicted molar refractivity (Wildman–Crippen MR) is 108 cm³/mol. The van der Waals surface area contributed by atoms with Crippen LogP contribution in [0.1, 0.15) is 43.1 Å². The fourth-order valence-electron chi connectivity index (χ4n) is 3.29. The van der Waals surface area contributed by atoms with E-state index in [4.69, 9.17) is 4.74 Å². The lowest BCUT2D eigenvalue weighted by Gasteiger charge is -2.31. The van der Waals surface area contributed by atoms with E-state index in [1.165, 1.54) is 0 Å². The van der Waals surface area contributed by atoms with Crippen molar-refractivity contribution in [3.05, 3.63) is 53.6 Å². The number of ether oxygens (including phenoxy) is 1. The Morgan fingerprint density at radius 2 is 1.89 bits per heavy atom. The van der Waals surface area contributed by atoms with E-state index in [-0.39, 0.29) is 17.7 Å². The minimum Gasteiger partial charge on any atom is -0.494 e. The molecule has 0 aromatic heterocycles. The first-order chi connectivity index (χ1) is 13.0. The summed E-state index contributed by atoms with van der Waals surface area (Å²) in [6.45, 7) is 7.11. The number of rotatable bonds is 5. The molecule has 2 aromatic rings. The summed E-state index contributed by atoms with van der Waals surface area (Å²) in [5, 5.41) is 2.94. The summed E-state index contributed by atoms with van der Waals surface area (Å²) in [6, 6.07) is 12.9. The van der Waals surface area contributed by atoms with Crippen molar-refractivity contribution in [3.63, 3.8) is 0 Å². The van der Waals surface area contributed by atoms with Gasteiger partial charge in [-0.05, 0) is 67.8 Å². The second kappa shape index (κ2) is 8.25. The summed E-state index contributed by atoms with van der Waals surface area (Å²) < 4.78 is 5.40. The molecule has 1 aliphatic rings. The van der Waals surface area contributed by atoms with Crippen LogP contribution >= 0.6 is 0 Å². The van der Waals surface area contributed by atoms with Crippen LogP contribution in [0.3, 0.4) is 0 Å². The topological polar surface area (TPSA) is 58.6 Å². The fraction of sp³-hybridized carbons (Fsp3) is 0.364. The van der Waals surface area contributed by atoms with Crippen LogP contribution in [-0.2, 0) is 11.2 Å². The quantitative estimate of drug-likeness (QED) is 0.859. The Balaban J connectivity index is 1.75. The van der Waals surface area contributed by atoms with Gasteiger partial charge in [0.15, 0.2) is 0 Å². The molecule has 0 spiro atoms. The van der Waals surface area contributed by atoms with Crippen LogP contribution in [0.5, 0.6) is 5.75 Å². The molecular weight excluding hydrogens is 340 g/mol. The zero-order chi connectivity index (χ0) is 19.4. The van der Waals surface area contributed by atoms with Crippen LogP contribution in [-0.4, -0.2) is 25.0 Å². The number of anilines is 2. The van der Waals surface area contributed by atoms with Gasteiger partial charge in [0.2, 0.25) is 5.91 Å². The van der Waals surface area contributed by atoms with E-state index in [9.17, 15) is 9.59 Å². The van der Waals surface area contributed by atoms with Crippen molar-refractivity contribution in [1.29, 1.82) is 0 Å². The summed E-state index contributed by atoms with van der Waals surface area (Å²) in [5.41, 5.74) is 3.37. The molecule has 0 bridgehead atoms. The molecule has 1 N–H and O–H groups in total. The summed E-state index contributed by atoms with van der Waals surface area (Å²) >= 11 is 0. The van der Waals surface area contributed by atoms with E-state index in [0.29, 0.717) is 12.2 Å². The van der Waals surface area contributed by atoms with Gasteiger partial charge in [-0.25, -0.2) is 0 Å². The highest BCUT2D eigenvalue weighted by Gasteiger charge is 2.24. The van der Waals surface area contributed by atoms with Crippen LogP contribution in [0.4, 0.5) is 11.4 Å². The van der Waals surface area contributed by atoms with Gasteiger partial charge in [0.1, 0.15) is 5.75 Å². The molecule has 0 saturated heterocycles. The lowest BCUT2D eigenvalue weighted by molar-refractivity contribution is -0.121. The molecule has 2 amide bonds. The van der Waals surface area contributed by atoms with E-state index in [1.54, 1.807) is 24.3 Å². The molecule has 5 nitrogen and oxygen atoms in total. The van der Waals surface area contributed by atoms with Crippen molar-refractivity contribution in [2.75, 3.05) is 23.4 Å². The molecule has 5 heteroatoms. The minimum atomic E-state index is -0.163. The third-order valence-electron chi connectivity index (χ3n) is 4.64. The second-order valence-electron chi connectivity index (χ2n) is 7.00. The molecule has 0 fully saturated rings. The first-order valence-corrected chi connectivity index (χ1v) is 9.48. The number of carbonyl (C=O) groups excluding carboxylic acids is 2. The Hall–Kier alpha value is -2.82. The van der Waals surface area contributed by atoms with E-state index >= 15 is 0 Å². The van der Waals surface area contributed by atoms with E-state index in [2.05, 4.69) is 5.32 Å². The Morgan fingerprint density at radius 3 is 2.56 bits per heavy atom. The number of benzene rings is 2.